The van der Waals surface area contributed by atoms with Gasteiger partial charge in [0.2, 0.25) is 0 Å². The maximum atomic E-state index is 6.01. The van der Waals surface area contributed by atoms with Gasteiger partial charge in [-0.2, -0.15) is 0 Å². The van der Waals surface area contributed by atoms with Crippen LogP contribution in [0.2, 0.25) is 10.0 Å². The van der Waals surface area contributed by atoms with E-state index in [1.807, 2.05) is 37.3 Å². The van der Waals surface area contributed by atoms with E-state index in [0.29, 0.717) is 15.9 Å². The SMILES string of the molecule is CCNC(c1ccc(Cl)cc1)c1cc(Cl)cnc1N. The highest BCUT2D eigenvalue weighted by Gasteiger charge is 2.16. The molecule has 1 heterocycles. The Bertz CT molecular complexity index is 555. The molecule has 19 heavy (non-hydrogen) atoms. The zero-order valence-corrected chi connectivity index (χ0v) is 12.0. The molecule has 1 unspecified atom stereocenters. The number of rotatable bonds is 4. The van der Waals surface area contributed by atoms with Gasteiger partial charge in [-0.15, -0.1) is 0 Å². The van der Waals surface area contributed by atoms with Crippen molar-refractivity contribution in [3.63, 3.8) is 0 Å². The first-order valence-electron chi connectivity index (χ1n) is 6.01. The summed E-state index contributed by atoms with van der Waals surface area (Å²) in [5.41, 5.74) is 7.90. The molecule has 0 bridgehead atoms. The van der Waals surface area contributed by atoms with Crippen molar-refractivity contribution >= 4 is 29.0 Å². The van der Waals surface area contributed by atoms with Crippen LogP contribution in [-0.4, -0.2) is 11.5 Å². The van der Waals surface area contributed by atoms with Crippen LogP contribution in [-0.2, 0) is 0 Å². The average Bonchev–Trinajstić information content (AvgIpc) is 2.40. The van der Waals surface area contributed by atoms with Crippen molar-refractivity contribution in [2.75, 3.05) is 12.3 Å². The van der Waals surface area contributed by atoms with Gasteiger partial charge in [-0.1, -0.05) is 42.3 Å². The largest absolute Gasteiger partial charge is 0.383 e. The van der Waals surface area contributed by atoms with Gasteiger partial charge in [0.15, 0.2) is 0 Å². The van der Waals surface area contributed by atoms with Gasteiger partial charge in [-0.25, -0.2) is 4.98 Å². The van der Waals surface area contributed by atoms with Crippen LogP contribution in [0.15, 0.2) is 36.5 Å². The standard InChI is InChI=1S/C14H15Cl2N3/c1-2-18-13(9-3-5-10(15)6-4-9)12-7-11(16)8-19-14(12)17/h3-8,13,18H,2H2,1H3,(H2,17,19). The van der Waals surface area contributed by atoms with E-state index in [-0.39, 0.29) is 6.04 Å². The van der Waals surface area contributed by atoms with Crippen molar-refractivity contribution in [3.8, 4) is 0 Å². The van der Waals surface area contributed by atoms with E-state index in [1.165, 1.54) is 0 Å². The van der Waals surface area contributed by atoms with E-state index >= 15 is 0 Å². The van der Waals surface area contributed by atoms with Gasteiger partial charge in [0, 0.05) is 16.8 Å². The lowest BCUT2D eigenvalue weighted by Gasteiger charge is -2.20. The fraction of sp³-hybridized carbons (Fsp3) is 0.214. The molecule has 0 aliphatic carbocycles. The number of hydrogen-bond donors (Lipinski definition) is 2. The molecule has 3 N–H and O–H groups in total. The number of nitrogens with two attached hydrogens (primary N) is 1. The molecule has 0 aliphatic rings. The van der Waals surface area contributed by atoms with Crippen molar-refractivity contribution in [2.45, 2.75) is 13.0 Å². The summed E-state index contributed by atoms with van der Waals surface area (Å²) in [5.74, 6) is 0.477. The molecule has 1 atom stereocenters. The van der Waals surface area contributed by atoms with Gasteiger partial charge < -0.3 is 11.1 Å². The minimum Gasteiger partial charge on any atom is -0.383 e. The molecule has 0 aliphatic heterocycles. The third kappa shape index (κ3) is 3.38. The molecule has 2 aromatic rings. The number of benzene rings is 1. The Hall–Kier alpha value is -1.29. The van der Waals surface area contributed by atoms with Gasteiger partial charge in [0.1, 0.15) is 5.82 Å². The monoisotopic (exact) mass is 295 g/mol. The van der Waals surface area contributed by atoms with Crippen LogP contribution >= 0.6 is 23.2 Å². The first-order valence-corrected chi connectivity index (χ1v) is 6.77. The van der Waals surface area contributed by atoms with E-state index < -0.39 is 0 Å². The van der Waals surface area contributed by atoms with Crippen molar-refractivity contribution in [1.82, 2.24) is 10.3 Å². The van der Waals surface area contributed by atoms with Crippen LogP contribution in [0.4, 0.5) is 5.82 Å². The summed E-state index contributed by atoms with van der Waals surface area (Å²) in [5, 5.41) is 4.66. The summed E-state index contributed by atoms with van der Waals surface area (Å²) >= 11 is 11.9. The Balaban J connectivity index is 2.44. The molecule has 1 aromatic carbocycles. The summed E-state index contributed by atoms with van der Waals surface area (Å²) in [6, 6.07) is 9.44. The summed E-state index contributed by atoms with van der Waals surface area (Å²) in [4.78, 5) is 4.10. The number of aromatic nitrogens is 1. The fourth-order valence-electron chi connectivity index (χ4n) is 1.96. The lowest BCUT2D eigenvalue weighted by molar-refractivity contribution is 0.630. The maximum Gasteiger partial charge on any atom is 0.128 e. The fourth-order valence-corrected chi connectivity index (χ4v) is 2.26. The lowest BCUT2D eigenvalue weighted by atomic mass is 9.99. The number of pyridine rings is 1. The molecule has 5 heteroatoms. The number of hydrogen-bond acceptors (Lipinski definition) is 3. The number of anilines is 1. The zero-order chi connectivity index (χ0) is 13.8. The summed E-state index contributed by atoms with van der Waals surface area (Å²) in [7, 11) is 0. The van der Waals surface area contributed by atoms with Crippen LogP contribution < -0.4 is 11.1 Å². The molecule has 0 spiro atoms. The number of nitrogens with one attached hydrogen (secondary N) is 1. The van der Waals surface area contributed by atoms with E-state index in [4.69, 9.17) is 28.9 Å². The Kier molecular flexibility index (Phi) is 4.64. The van der Waals surface area contributed by atoms with Crippen LogP contribution in [0.1, 0.15) is 24.1 Å². The van der Waals surface area contributed by atoms with Crippen LogP contribution in [0.25, 0.3) is 0 Å². The summed E-state index contributed by atoms with van der Waals surface area (Å²) < 4.78 is 0. The molecule has 0 saturated heterocycles. The summed E-state index contributed by atoms with van der Waals surface area (Å²) in [6.45, 7) is 2.84. The number of nitrogen functional groups attached to an aromatic ring is 1. The van der Waals surface area contributed by atoms with Gasteiger partial charge in [-0.05, 0) is 30.3 Å². The van der Waals surface area contributed by atoms with Crippen molar-refractivity contribution in [2.24, 2.45) is 0 Å². The van der Waals surface area contributed by atoms with E-state index in [0.717, 1.165) is 17.7 Å². The van der Waals surface area contributed by atoms with E-state index in [9.17, 15) is 0 Å². The Morgan fingerprint density at radius 2 is 1.89 bits per heavy atom. The second kappa shape index (κ2) is 6.24. The van der Waals surface area contributed by atoms with Gasteiger partial charge >= 0.3 is 0 Å². The highest BCUT2D eigenvalue weighted by atomic mass is 35.5. The second-order valence-electron chi connectivity index (χ2n) is 4.17. The van der Waals surface area contributed by atoms with Crippen molar-refractivity contribution < 1.29 is 0 Å². The molecule has 3 nitrogen and oxygen atoms in total. The normalized spacial score (nSPS) is 12.4. The van der Waals surface area contributed by atoms with Crippen LogP contribution in [0.5, 0.6) is 0 Å². The van der Waals surface area contributed by atoms with Crippen molar-refractivity contribution in [3.05, 3.63) is 57.7 Å². The maximum absolute atomic E-state index is 6.01. The Morgan fingerprint density at radius 1 is 1.21 bits per heavy atom. The van der Waals surface area contributed by atoms with Gasteiger partial charge in [-0.3, -0.25) is 0 Å². The molecule has 2 rings (SSSR count). The minimum atomic E-state index is -0.0477. The quantitative estimate of drug-likeness (QED) is 0.905. The van der Waals surface area contributed by atoms with Crippen LogP contribution in [0, 0.1) is 0 Å². The van der Waals surface area contributed by atoms with Crippen molar-refractivity contribution in [1.29, 1.82) is 0 Å². The molecular formula is C14H15Cl2N3. The predicted molar refractivity (Wildman–Crippen MR) is 80.6 cm³/mol. The lowest BCUT2D eigenvalue weighted by Crippen LogP contribution is -2.23. The molecule has 0 amide bonds. The topological polar surface area (TPSA) is 50.9 Å². The molecular weight excluding hydrogens is 281 g/mol. The highest BCUT2D eigenvalue weighted by Crippen LogP contribution is 2.28. The molecule has 0 saturated carbocycles. The first-order chi connectivity index (χ1) is 9.11. The number of halogens is 2. The molecule has 1 aromatic heterocycles. The zero-order valence-electron chi connectivity index (χ0n) is 10.5. The highest BCUT2D eigenvalue weighted by molar-refractivity contribution is 6.30. The smallest absolute Gasteiger partial charge is 0.128 e. The molecule has 100 valence electrons. The Labute approximate surface area is 122 Å². The van der Waals surface area contributed by atoms with E-state index in [1.54, 1.807) is 6.20 Å². The summed E-state index contributed by atoms with van der Waals surface area (Å²) in [6.07, 6.45) is 1.55. The van der Waals surface area contributed by atoms with E-state index in [2.05, 4.69) is 10.3 Å². The second-order valence-corrected chi connectivity index (χ2v) is 5.04. The van der Waals surface area contributed by atoms with Gasteiger partial charge in [0.05, 0.1) is 11.1 Å². The molecule has 0 radical (unpaired) electrons. The predicted octanol–water partition coefficient (Wildman–Crippen LogP) is 3.67. The third-order valence-electron chi connectivity index (χ3n) is 2.84. The van der Waals surface area contributed by atoms with Crippen LogP contribution in [0.3, 0.4) is 0 Å². The Morgan fingerprint density at radius 3 is 2.53 bits per heavy atom. The number of nitrogens with zero attached hydrogens (tertiary/aromatic N) is 1. The third-order valence-corrected chi connectivity index (χ3v) is 3.30. The first kappa shape index (κ1) is 14.1. The minimum absolute atomic E-state index is 0.0477. The van der Waals surface area contributed by atoms with Gasteiger partial charge in [0.25, 0.3) is 0 Å². The average molecular weight is 296 g/mol. The molecule has 0 fully saturated rings.